The monoisotopic (exact) mass is 368 g/mol. The lowest BCUT2D eigenvalue weighted by Crippen LogP contribution is -2.26. The van der Waals surface area contributed by atoms with Crippen LogP contribution in [0.2, 0.25) is 0 Å². The summed E-state index contributed by atoms with van der Waals surface area (Å²) in [5.74, 6) is 0.717. The first-order chi connectivity index (χ1) is 12.2. The van der Waals surface area contributed by atoms with Gasteiger partial charge in [-0.15, -0.1) is 27.8 Å². The Balaban J connectivity index is 1.45. The standard InChI is InChI=1S/C18H16N4OS2/c1-12-5-2-3-6-14(12)17(23)19-9-8-13-11-25-18-20-16(21-22(13)18)15-7-4-10-24-15/h2-7,10-11H,8-9H2,1H3,(H,19,23). The molecular weight excluding hydrogens is 352 g/mol. The zero-order valence-corrected chi connectivity index (χ0v) is 15.2. The van der Waals surface area contributed by atoms with Crippen molar-refractivity contribution >= 4 is 33.5 Å². The van der Waals surface area contributed by atoms with Crippen molar-refractivity contribution in [2.45, 2.75) is 13.3 Å². The van der Waals surface area contributed by atoms with Crippen molar-refractivity contribution in [3.8, 4) is 10.7 Å². The minimum atomic E-state index is -0.0394. The van der Waals surface area contributed by atoms with Gasteiger partial charge in [-0.25, -0.2) is 4.52 Å². The first-order valence-corrected chi connectivity index (χ1v) is 9.69. The van der Waals surface area contributed by atoms with Gasteiger partial charge in [0.15, 0.2) is 5.82 Å². The smallest absolute Gasteiger partial charge is 0.251 e. The maximum Gasteiger partial charge on any atom is 0.251 e. The third-order valence-electron chi connectivity index (χ3n) is 3.95. The molecule has 0 saturated heterocycles. The fourth-order valence-corrected chi connectivity index (χ4v) is 4.14. The molecule has 0 radical (unpaired) electrons. The number of carbonyl (C=O) groups excluding carboxylic acids is 1. The van der Waals surface area contributed by atoms with Crippen LogP contribution in [-0.2, 0) is 6.42 Å². The number of carbonyl (C=O) groups is 1. The summed E-state index contributed by atoms with van der Waals surface area (Å²) in [5, 5.41) is 11.7. The summed E-state index contributed by atoms with van der Waals surface area (Å²) in [6.45, 7) is 2.51. The van der Waals surface area contributed by atoms with E-state index in [1.165, 1.54) is 0 Å². The van der Waals surface area contributed by atoms with Crippen molar-refractivity contribution in [1.82, 2.24) is 19.9 Å². The molecule has 0 aliphatic carbocycles. The fraction of sp³-hybridized carbons (Fsp3) is 0.167. The highest BCUT2D eigenvalue weighted by Crippen LogP contribution is 2.24. The molecule has 3 aromatic heterocycles. The van der Waals surface area contributed by atoms with Crippen molar-refractivity contribution < 1.29 is 4.79 Å². The molecule has 0 atom stereocenters. The van der Waals surface area contributed by atoms with Crippen LogP contribution in [0.5, 0.6) is 0 Å². The summed E-state index contributed by atoms with van der Waals surface area (Å²) in [5.41, 5.74) is 2.76. The molecule has 0 aliphatic heterocycles. The first kappa shape index (κ1) is 16.0. The highest BCUT2D eigenvalue weighted by atomic mass is 32.1. The first-order valence-electron chi connectivity index (χ1n) is 7.93. The third kappa shape index (κ3) is 3.20. The van der Waals surface area contributed by atoms with Gasteiger partial charge in [0.25, 0.3) is 5.91 Å². The van der Waals surface area contributed by atoms with Crippen LogP contribution >= 0.6 is 22.7 Å². The number of fused-ring (bicyclic) bond motifs is 1. The zero-order valence-electron chi connectivity index (χ0n) is 13.6. The topological polar surface area (TPSA) is 59.3 Å². The Labute approximate surface area is 153 Å². The molecule has 25 heavy (non-hydrogen) atoms. The molecule has 0 spiro atoms. The van der Waals surface area contributed by atoms with E-state index in [1.54, 1.807) is 22.7 Å². The van der Waals surface area contributed by atoms with Gasteiger partial charge in [0.2, 0.25) is 4.96 Å². The molecule has 0 unspecified atom stereocenters. The molecule has 0 aliphatic rings. The second-order valence-electron chi connectivity index (χ2n) is 5.65. The molecule has 1 N–H and O–H groups in total. The quantitative estimate of drug-likeness (QED) is 0.583. The molecule has 0 fully saturated rings. The van der Waals surface area contributed by atoms with Crippen molar-refractivity contribution in [2.75, 3.05) is 6.54 Å². The van der Waals surface area contributed by atoms with Crippen LogP contribution in [0.4, 0.5) is 0 Å². The SMILES string of the molecule is Cc1ccccc1C(=O)NCCc1csc2nc(-c3cccs3)nn12. The van der Waals surface area contributed by atoms with E-state index in [0.29, 0.717) is 13.0 Å². The van der Waals surface area contributed by atoms with E-state index in [2.05, 4.69) is 15.4 Å². The lowest BCUT2D eigenvalue weighted by Gasteiger charge is -2.06. The van der Waals surface area contributed by atoms with Crippen LogP contribution in [0, 0.1) is 6.92 Å². The molecule has 1 amide bonds. The average molecular weight is 368 g/mol. The van der Waals surface area contributed by atoms with Crippen LogP contribution in [-0.4, -0.2) is 27.0 Å². The summed E-state index contributed by atoms with van der Waals surface area (Å²) >= 11 is 3.20. The molecule has 0 bridgehead atoms. The van der Waals surface area contributed by atoms with E-state index in [9.17, 15) is 4.79 Å². The molecule has 4 aromatic rings. The van der Waals surface area contributed by atoms with Crippen molar-refractivity contribution in [3.05, 3.63) is 64.0 Å². The number of rotatable bonds is 5. The number of aromatic nitrogens is 3. The highest BCUT2D eigenvalue weighted by Gasteiger charge is 2.13. The van der Waals surface area contributed by atoms with Gasteiger partial charge in [-0.3, -0.25) is 4.79 Å². The number of benzene rings is 1. The average Bonchev–Trinajstić information content (AvgIpc) is 3.32. The minimum Gasteiger partial charge on any atom is -0.352 e. The maximum atomic E-state index is 12.3. The van der Waals surface area contributed by atoms with Crippen molar-refractivity contribution in [3.63, 3.8) is 0 Å². The molecule has 1 aromatic carbocycles. The number of thiophene rings is 1. The molecule has 3 heterocycles. The van der Waals surface area contributed by atoms with E-state index in [1.807, 2.05) is 58.6 Å². The molecule has 4 rings (SSSR count). The lowest BCUT2D eigenvalue weighted by molar-refractivity contribution is 0.0953. The Morgan fingerprint density at radius 1 is 1.20 bits per heavy atom. The normalized spacial score (nSPS) is 11.1. The fourth-order valence-electron chi connectivity index (χ4n) is 2.63. The summed E-state index contributed by atoms with van der Waals surface area (Å²) in [6.07, 6.45) is 0.713. The van der Waals surface area contributed by atoms with Gasteiger partial charge in [0, 0.05) is 23.9 Å². The van der Waals surface area contributed by atoms with E-state index in [-0.39, 0.29) is 5.91 Å². The predicted molar refractivity (Wildman–Crippen MR) is 101 cm³/mol. The van der Waals surface area contributed by atoms with Gasteiger partial charge >= 0.3 is 0 Å². The van der Waals surface area contributed by atoms with E-state index in [0.717, 1.165) is 32.5 Å². The Kier molecular flexibility index (Phi) is 4.33. The number of nitrogens with one attached hydrogen (secondary N) is 1. The number of nitrogens with zero attached hydrogens (tertiary/aromatic N) is 3. The summed E-state index contributed by atoms with van der Waals surface area (Å²) in [4.78, 5) is 18.8. The van der Waals surface area contributed by atoms with Gasteiger partial charge in [-0.2, -0.15) is 4.98 Å². The molecular formula is C18H16N4OS2. The van der Waals surface area contributed by atoms with E-state index in [4.69, 9.17) is 0 Å². The van der Waals surface area contributed by atoms with Crippen LogP contribution in [0.1, 0.15) is 21.6 Å². The highest BCUT2D eigenvalue weighted by molar-refractivity contribution is 7.15. The second kappa shape index (κ2) is 6.78. The number of hydrogen-bond acceptors (Lipinski definition) is 5. The van der Waals surface area contributed by atoms with Gasteiger partial charge in [-0.05, 0) is 30.0 Å². The summed E-state index contributed by atoms with van der Waals surface area (Å²) in [6, 6.07) is 11.6. The van der Waals surface area contributed by atoms with E-state index >= 15 is 0 Å². The minimum absolute atomic E-state index is 0.0394. The zero-order chi connectivity index (χ0) is 17.2. The Morgan fingerprint density at radius 2 is 2.08 bits per heavy atom. The van der Waals surface area contributed by atoms with Crippen molar-refractivity contribution in [1.29, 1.82) is 0 Å². The molecule has 5 nitrogen and oxygen atoms in total. The van der Waals surface area contributed by atoms with Gasteiger partial charge in [-0.1, -0.05) is 24.3 Å². The third-order valence-corrected chi connectivity index (χ3v) is 5.68. The molecule has 7 heteroatoms. The lowest BCUT2D eigenvalue weighted by atomic mass is 10.1. The van der Waals surface area contributed by atoms with Crippen molar-refractivity contribution in [2.24, 2.45) is 0 Å². The van der Waals surface area contributed by atoms with Gasteiger partial charge in [0.05, 0.1) is 10.6 Å². The number of amides is 1. The van der Waals surface area contributed by atoms with Gasteiger partial charge < -0.3 is 5.32 Å². The Morgan fingerprint density at radius 3 is 2.88 bits per heavy atom. The number of aryl methyl sites for hydroxylation is 1. The van der Waals surface area contributed by atoms with Crippen LogP contribution in [0.3, 0.4) is 0 Å². The number of hydrogen-bond donors (Lipinski definition) is 1. The molecule has 126 valence electrons. The summed E-state index contributed by atoms with van der Waals surface area (Å²) in [7, 11) is 0. The Hall–Kier alpha value is -2.51. The Bertz CT molecular complexity index is 1020. The number of thiazole rings is 1. The predicted octanol–water partition coefficient (Wildman–Crippen LogP) is 3.80. The molecule has 0 saturated carbocycles. The van der Waals surface area contributed by atoms with Gasteiger partial charge in [0.1, 0.15) is 0 Å². The van der Waals surface area contributed by atoms with Crippen LogP contribution < -0.4 is 5.32 Å². The maximum absolute atomic E-state index is 12.3. The van der Waals surface area contributed by atoms with E-state index < -0.39 is 0 Å². The summed E-state index contributed by atoms with van der Waals surface area (Å²) < 4.78 is 1.87. The van der Waals surface area contributed by atoms with Crippen LogP contribution in [0.15, 0.2) is 47.2 Å². The second-order valence-corrected chi connectivity index (χ2v) is 7.44. The van der Waals surface area contributed by atoms with Crippen LogP contribution in [0.25, 0.3) is 15.7 Å². The largest absolute Gasteiger partial charge is 0.352 e.